The fraction of sp³-hybridized carbons (Fsp3) is 0.353. The molecule has 3 heteroatoms. The molecule has 0 saturated carbocycles. The van der Waals surface area contributed by atoms with Crippen LogP contribution in [0.4, 0.5) is 0 Å². The van der Waals surface area contributed by atoms with Gasteiger partial charge >= 0.3 is 0 Å². The third kappa shape index (κ3) is 4.48. The lowest BCUT2D eigenvalue weighted by molar-refractivity contribution is 0.362. The summed E-state index contributed by atoms with van der Waals surface area (Å²) in [6.45, 7) is 5.29. The lowest BCUT2D eigenvalue weighted by atomic mass is 9.95. The van der Waals surface area contributed by atoms with Gasteiger partial charge < -0.3 is 5.32 Å². The van der Waals surface area contributed by atoms with Gasteiger partial charge in [-0.2, -0.15) is 5.26 Å². The van der Waals surface area contributed by atoms with E-state index in [-0.39, 0.29) is 5.54 Å². The number of nitrogens with one attached hydrogen (secondary N) is 1. The van der Waals surface area contributed by atoms with E-state index in [1.807, 2.05) is 11.4 Å². The monoisotopic (exact) mass is 284 g/mol. The van der Waals surface area contributed by atoms with Crippen molar-refractivity contribution in [1.82, 2.24) is 5.32 Å². The summed E-state index contributed by atoms with van der Waals surface area (Å²) in [5, 5.41) is 14.3. The Labute approximate surface area is 125 Å². The average molecular weight is 284 g/mol. The topological polar surface area (TPSA) is 35.8 Å². The first-order valence-electron chi connectivity index (χ1n) is 6.85. The van der Waals surface area contributed by atoms with Gasteiger partial charge in [0.25, 0.3) is 0 Å². The molecule has 0 aliphatic carbocycles. The Kier molecular flexibility index (Phi) is 4.94. The number of hydrogen-bond acceptors (Lipinski definition) is 3. The van der Waals surface area contributed by atoms with Crippen molar-refractivity contribution in [3.05, 3.63) is 57.8 Å². The number of nitrogens with zero attached hydrogens (tertiary/aromatic N) is 1. The first-order valence-corrected chi connectivity index (χ1v) is 7.73. The van der Waals surface area contributed by atoms with Gasteiger partial charge in [-0.3, -0.25) is 0 Å². The van der Waals surface area contributed by atoms with Crippen LogP contribution in [0.3, 0.4) is 0 Å². The maximum atomic E-state index is 8.83. The quantitative estimate of drug-likeness (QED) is 0.866. The SMILES string of the molecule is CC(C)(CCc1ccccc1)NCc1cc(C#N)cs1. The van der Waals surface area contributed by atoms with Crippen molar-refractivity contribution in [3.63, 3.8) is 0 Å². The molecule has 1 aromatic carbocycles. The van der Waals surface area contributed by atoms with Crippen LogP contribution in [0.5, 0.6) is 0 Å². The number of aryl methyl sites for hydroxylation is 1. The molecule has 0 aliphatic rings. The molecular formula is C17H20N2S. The predicted octanol–water partition coefficient (Wildman–Crippen LogP) is 4.12. The summed E-state index contributed by atoms with van der Waals surface area (Å²) >= 11 is 1.64. The maximum absolute atomic E-state index is 8.83. The van der Waals surface area contributed by atoms with Crippen molar-refractivity contribution in [2.75, 3.05) is 0 Å². The Morgan fingerprint density at radius 1 is 1.25 bits per heavy atom. The number of benzene rings is 1. The van der Waals surface area contributed by atoms with Crippen LogP contribution in [0.2, 0.25) is 0 Å². The van der Waals surface area contributed by atoms with E-state index < -0.39 is 0 Å². The smallest absolute Gasteiger partial charge is 0.100 e. The molecule has 2 aromatic rings. The van der Waals surface area contributed by atoms with Crippen molar-refractivity contribution in [1.29, 1.82) is 5.26 Å². The van der Waals surface area contributed by atoms with E-state index in [1.54, 1.807) is 11.3 Å². The van der Waals surface area contributed by atoms with E-state index in [1.165, 1.54) is 10.4 Å². The second-order valence-electron chi connectivity index (χ2n) is 5.64. The number of thiophene rings is 1. The van der Waals surface area contributed by atoms with Crippen LogP contribution >= 0.6 is 11.3 Å². The molecule has 1 heterocycles. The molecule has 0 aliphatic heterocycles. The summed E-state index contributed by atoms with van der Waals surface area (Å²) in [5.74, 6) is 0. The highest BCUT2D eigenvalue weighted by molar-refractivity contribution is 7.10. The van der Waals surface area contributed by atoms with Crippen molar-refractivity contribution >= 4 is 11.3 Å². The molecule has 104 valence electrons. The molecule has 1 aromatic heterocycles. The molecule has 0 atom stereocenters. The van der Waals surface area contributed by atoms with Crippen LogP contribution in [0.25, 0.3) is 0 Å². The number of hydrogen-bond donors (Lipinski definition) is 1. The van der Waals surface area contributed by atoms with E-state index in [0.717, 1.165) is 24.9 Å². The van der Waals surface area contributed by atoms with Gasteiger partial charge in [-0.25, -0.2) is 0 Å². The van der Waals surface area contributed by atoms with Gasteiger partial charge in [0.1, 0.15) is 6.07 Å². The molecule has 20 heavy (non-hydrogen) atoms. The van der Waals surface area contributed by atoms with Crippen LogP contribution in [0, 0.1) is 11.3 Å². The first-order chi connectivity index (χ1) is 9.59. The third-order valence-corrected chi connectivity index (χ3v) is 4.34. The van der Waals surface area contributed by atoms with Crippen molar-refractivity contribution in [2.45, 2.75) is 38.8 Å². The fourth-order valence-electron chi connectivity index (χ4n) is 2.05. The molecule has 2 nitrogen and oxygen atoms in total. The highest BCUT2D eigenvalue weighted by Crippen LogP contribution is 2.17. The van der Waals surface area contributed by atoms with E-state index in [4.69, 9.17) is 5.26 Å². The minimum atomic E-state index is 0.0899. The van der Waals surface area contributed by atoms with Gasteiger partial charge in [0.15, 0.2) is 0 Å². The van der Waals surface area contributed by atoms with E-state index >= 15 is 0 Å². The van der Waals surface area contributed by atoms with Gasteiger partial charge in [-0.05, 0) is 38.3 Å². The Morgan fingerprint density at radius 2 is 2.00 bits per heavy atom. The van der Waals surface area contributed by atoms with Gasteiger partial charge in [-0.15, -0.1) is 11.3 Å². The zero-order valence-electron chi connectivity index (χ0n) is 12.0. The highest BCUT2D eigenvalue weighted by atomic mass is 32.1. The number of nitriles is 1. The molecule has 0 bridgehead atoms. The van der Waals surface area contributed by atoms with Crippen molar-refractivity contribution < 1.29 is 0 Å². The number of rotatable bonds is 6. The zero-order chi connectivity index (χ0) is 14.4. The van der Waals surface area contributed by atoms with Gasteiger partial charge in [-0.1, -0.05) is 30.3 Å². The van der Waals surface area contributed by atoms with E-state index in [0.29, 0.717) is 0 Å². The van der Waals surface area contributed by atoms with Crippen LogP contribution < -0.4 is 5.32 Å². The second kappa shape index (κ2) is 6.69. The van der Waals surface area contributed by atoms with E-state index in [2.05, 4.69) is 55.6 Å². The predicted molar refractivity (Wildman–Crippen MR) is 84.7 cm³/mol. The molecule has 2 rings (SSSR count). The van der Waals surface area contributed by atoms with Crippen LogP contribution in [-0.2, 0) is 13.0 Å². The summed E-state index contributed by atoms with van der Waals surface area (Å²) in [7, 11) is 0. The van der Waals surface area contributed by atoms with Gasteiger partial charge in [0, 0.05) is 22.3 Å². The molecule has 1 N–H and O–H groups in total. The summed E-state index contributed by atoms with van der Waals surface area (Å²) < 4.78 is 0. The van der Waals surface area contributed by atoms with E-state index in [9.17, 15) is 0 Å². The molecule has 0 fully saturated rings. The lowest BCUT2D eigenvalue weighted by Crippen LogP contribution is -2.38. The standard InChI is InChI=1S/C17H20N2S/c1-17(2,9-8-14-6-4-3-5-7-14)19-12-16-10-15(11-18)13-20-16/h3-7,10,13,19H,8-9,12H2,1-2H3. The third-order valence-electron chi connectivity index (χ3n) is 3.41. The maximum Gasteiger partial charge on any atom is 0.100 e. The zero-order valence-corrected chi connectivity index (χ0v) is 12.8. The van der Waals surface area contributed by atoms with Gasteiger partial charge in [0.2, 0.25) is 0 Å². The Hall–Kier alpha value is -1.63. The Bertz CT molecular complexity index is 579. The second-order valence-corrected chi connectivity index (χ2v) is 6.63. The molecule has 0 unspecified atom stereocenters. The molecule has 0 amide bonds. The van der Waals surface area contributed by atoms with Crippen LogP contribution in [-0.4, -0.2) is 5.54 Å². The summed E-state index contributed by atoms with van der Waals surface area (Å²) in [5.41, 5.74) is 2.23. The molecule has 0 radical (unpaired) electrons. The van der Waals surface area contributed by atoms with Crippen molar-refractivity contribution in [2.24, 2.45) is 0 Å². The molecular weight excluding hydrogens is 264 g/mol. The van der Waals surface area contributed by atoms with Gasteiger partial charge in [0.05, 0.1) is 5.56 Å². The average Bonchev–Trinajstić information content (AvgIpc) is 2.93. The summed E-state index contributed by atoms with van der Waals surface area (Å²) in [6, 6.07) is 14.7. The van der Waals surface area contributed by atoms with Crippen LogP contribution in [0.1, 0.15) is 36.3 Å². The Balaban J connectivity index is 1.83. The van der Waals surface area contributed by atoms with Crippen molar-refractivity contribution in [3.8, 4) is 6.07 Å². The largest absolute Gasteiger partial charge is 0.307 e. The minimum absolute atomic E-state index is 0.0899. The summed E-state index contributed by atoms with van der Waals surface area (Å²) in [4.78, 5) is 1.22. The minimum Gasteiger partial charge on any atom is -0.307 e. The Morgan fingerprint density at radius 3 is 2.65 bits per heavy atom. The normalized spacial score (nSPS) is 11.2. The molecule has 0 spiro atoms. The lowest BCUT2D eigenvalue weighted by Gasteiger charge is -2.26. The fourth-order valence-corrected chi connectivity index (χ4v) is 2.80. The highest BCUT2D eigenvalue weighted by Gasteiger charge is 2.17. The van der Waals surface area contributed by atoms with Crippen LogP contribution in [0.15, 0.2) is 41.8 Å². The molecule has 0 saturated heterocycles. The first kappa shape index (κ1) is 14.8. The summed E-state index contributed by atoms with van der Waals surface area (Å²) in [6.07, 6.45) is 2.17.